The van der Waals surface area contributed by atoms with Crippen molar-refractivity contribution in [3.8, 4) is 0 Å². The van der Waals surface area contributed by atoms with Crippen LogP contribution < -0.4 is 4.40 Å². The van der Waals surface area contributed by atoms with Crippen molar-refractivity contribution in [3.05, 3.63) is 51.5 Å². The Kier molecular flexibility index (Phi) is 12.5. The Morgan fingerprint density at radius 3 is 1.15 bits per heavy atom. The number of allylic oxidation sites excluding steroid dienone is 4. The predicted molar refractivity (Wildman–Crippen MR) is 198 cm³/mol. The molecule has 0 nitrogen and oxygen atoms in total. The molecule has 0 aliphatic carbocycles. The molecule has 4 radical (unpaired) electrons. The Bertz CT molecular complexity index is 991. The molecule has 1 aromatic rings. The predicted octanol–water partition coefficient (Wildman–Crippen LogP) is 9.45. The maximum absolute atomic E-state index is 2.64. The van der Waals surface area contributed by atoms with Gasteiger partial charge in [0.2, 0.25) is 0 Å². The summed E-state index contributed by atoms with van der Waals surface area (Å²) >= 11 is 2.57. The summed E-state index contributed by atoms with van der Waals surface area (Å²) in [4.78, 5) is 2.33. The van der Waals surface area contributed by atoms with Crippen LogP contribution in [-0.4, -0.2) is 68.7 Å². The van der Waals surface area contributed by atoms with Gasteiger partial charge in [-0.05, 0) is 0 Å². The first-order valence-corrected chi connectivity index (χ1v) is 32.6. The fraction of sp³-hybridized carbons (Fsp3) is 0.667. The van der Waals surface area contributed by atoms with Crippen LogP contribution in [0.25, 0.3) is 0 Å². The maximum atomic E-state index is 2.64. The van der Waals surface area contributed by atoms with Crippen LogP contribution in [0.15, 0.2) is 34.8 Å². The summed E-state index contributed by atoms with van der Waals surface area (Å²) < 4.78 is 3.30. The number of rotatable bonds is 6. The zero-order valence-electron chi connectivity index (χ0n) is 29.1. The molecule has 1 heterocycles. The van der Waals surface area contributed by atoms with Gasteiger partial charge in [-0.2, -0.15) is 0 Å². The molecule has 0 fully saturated rings. The SMILES string of the molecule is CC(C)(C)[C]1=CC=C[CH]=[Ge]1.CC(C)(C)c1cc(C([Si](C)(C)C)[Si](C)(C)C)[c]([Ge])c(C([Si](C)(C)C)[Si](C)(C)C)c1. The molecule has 0 spiro atoms. The Labute approximate surface area is 264 Å². The second-order valence-corrected chi connectivity index (χ2v) is 44.0. The fourth-order valence-corrected chi connectivity index (χ4v) is 36.6. The summed E-state index contributed by atoms with van der Waals surface area (Å²) in [7, 11) is -5.37. The van der Waals surface area contributed by atoms with Gasteiger partial charge in [0.1, 0.15) is 0 Å². The monoisotopic (exact) mass is 718 g/mol. The van der Waals surface area contributed by atoms with Crippen molar-refractivity contribution >= 4 is 73.0 Å². The van der Waals surface area contributed by atoms with Crippen LogP contribution in [0.2, 0.25) is 78.6 Å². The molecule has 1 aliphatic heterocycles. The van der Waals surface area contributed by atoms with Crippen molar-refractivity contribution in [2.45, 2.75) is 136 Å². The standard InChI is InChI=1S/C24H49GeSi4.C9H13Ge/c1-24(2,3)18-16-19(22(26(4,5)6)27(7,8)9)21(25)20(17-18)23(28(10,11)12)29(13,14)15;1-9(2,3)8-6-4-5-7-10-8/h16-17,22-23H,1-15H3;4-7H,1-3H3. The zero-order chi connectivity index (χ0) is 31.0. The third-order valence-corrected chi connectivity index (χ3v) is 30.8. The van der Waals surface area contributed by atoms with Crippen molar-refractivity contribution in [1.82, 2.24) is 0 Å². The molecule has 0 amide bonds. The van der Waals surface area contributed by atoms with E-state index in [1.165, 1.54) is 0 Å². The van der Waals surface area contributed by atoms with Crippen molar-refractivity contribution in [3.63, 3.8) is 0 Å². The van der Waals surface area contributed by atoms with E-state index in [0.717, 1.165) is 10.3 Å². The average Bonchev–Trinajstić information content (AvgIpc) is 2.66. The van der Waals surface area contributed by atoms with E-state index in [0.29, 0.717) is 5.41 Å². The van der Waals surface area contributed by atoms with E-state index in [1.807, 2.05) is 0 Å². The third-order valence-electron chi connectivity index (χ3n) is 7.67. The fourth-order valence-electron chi connectivity index (χ4n) is 6.90. The first kappa shape index (κ1) is 37.5. The molecule has 6 heteroatoms. The Balaban J connectivity index is 0.000000633. The van der Waals surface area contributed by atoms with Crippen molar-refractivity contribution in [1.29, 1.82) is 0 Å². The molecule has 0 atom stereocenters. The van der Waals surface area contributed by atoms with Gasteiger partial charge < -0.3 is 0 Å². The number of hydrogen-bond acceptors (Lipinski definition) is 0. The molecule has 0 aromatic heterocycles. The van der Waals surface area contributed by atoms with E-state index in [2.05, 4.69) is 172 Å². The Morgan fingerprint density at radius 1 is 0.590 bits per heavy atom. The summed E-state index contributed by atoms with van der Waals surface area (Å²) in [5.41, 5.74) is 5.63. The zero-order valence-corrected chi connectivity index (χ0v) is 37.3. The molecular weight excluding hydrogens is 654 g/mol. The molecule has 2 rings (SSSR count). The molecule has 0 bridgehead atoms. The van der Waals surface area contributed by atoms with Crippen molar-refractivity contribution in [2.75, 3.05) is 0 Å². The minimum atomic E-state index is -1.34. The molecule has 39 heavy (non-hydrogen) atoms. The van der Waals surface area contributed by atoms with Crippen LogP contribution in [0, 0.1) is 5.41 Å². The van der Waals surface area contributed by atoms with Crippen LogP contribution in [-0.2, 0) is 5.41 Å². The van der Waals surface area contributed by atoms with Crippen LogP contribution in [0.5, 0.6) is 0 Å². The number of hydrogen-bond donors (Lipinski definition) is 0. The van der Waals surface area contributed by atoms with Crippen LogP contribution in [0.4, 0.5) is 0 Å². The molecular formula is C33H62Ge2Si4. The van der Waals surface area contributed by atoms with Gasteiger partial charge in [0, 0.05) is 0 Å². The molecule has 218 valence electrons. The average molecular weight is 716 g/mol. The molecule has 0 unspecified atom stereocenters. The van der Waals surface area contributed by atoms with E-state index < -0.39 is 32.3 Å². The van der Waals surface area contributed by atoms with Gasteiger partial charge in [-0.3, -0.25) is 0 Å². The van der Waals surface area contributed by atoms with E-state index in [4.69, 9.17) is 0 Å². The molecule has 1 aromatic carbocycles. The van der Waals surface area contributed by atoms with Gasteiger partial charge in [0.05, 0.1) is 0 Å². The van der Waals surface area contributed by atoms with E-state index in [1.54, 1.807) is 25.5 Å². The molecule has 0 saturated heterocycles. The number of benzene rings is 1. The summed E-state index contributed by atoms with van der Waals surface area (Å²) in [6.45, 7) is 45.3. The van der Waals surface area contributed by atoms with E-state index in [-0.39, 0.29) is 20.4 Å². The third kappa shape index (κ3) is 10.9. The van der Waals surface area contributed by atoms with Gasteiger partial charge in [-0.15, -0.1) is 0 Å². The topological polar surface area (TPSA) is 0 Å². The van der Waals surface area contributed by atoms with Crippen molar-refractivity contribution < 1.29 is 0 Å². The summed E-state index contributed by atoms with van der Waals surface area (Å²) in [5.74, 6) is 0. The summed E-state index contributed by atoms with van der Waals surface area (Å²) in [6.07, 6.45) is 6.59. The van der Waals surface area contributed by atoms with Crippen molar-refractivity contribution in [2.24, 2.45) is 5.41 Å². The first-order chi connectivity index (χ1) is 17.1. The molecule has 0 saturated carbocycles. The normalized spacial score (nSPS) is 15.5. The Morgan fingerprint density at radius 2 is 0.949 bits per heavy atom. The van der Waals surface area contributed by atoms with Gasteiger partial charge >= 0.3 is 266 Å². The van der Waals surface area contributed by atoms with Gasteiger partial charge in [-0.1, -0.05) is 0 Å². The van der Waals surface area contributed by atoms with E-state index >= 15 is 0 Å². The molecule has 1 aliphatic rings. The summed E-state index contributed by atoms with van der Waals surface area (Å²) in [5, 5.41) is 1.61. The van der Waals surface area contributed by atoms with Crippen LogP contribution in [0.1, 0.15) is 68.6 Å². The summed E-state index contributed by atoms with van der Waals surface area (Å²) in [6, 6.07) is 5.29. The first-order valence-electron chi connectivity index (χ1n) is 15.0. The quantitative estimate of drug-likeness (QED) is 0.258. The minimum absolute atomic E-state index is 0.0833. The molecule has 0 N–H and O–H groups in total. The van der Waals surface area contributed by atoms with E-state index in [9.17, 15) is 0 Å². The second kappa shape index (κ2) is 13.0. The van der Waals surface area contributed by atoms with Crippen LogP contribution >= 0.6 is 0 Å². The van der Waals surface area contributed by atoms with Crippen LogP contribution in [0.3, 0.4) is 0 Å². The van der Waals surface area contributed by atoms with Gasteiger partial charge in [0.25, 0.3) is 0 Å². The van der Waals surface area contributed by atoms with Gasteiger partial charge in [0.15, 0.2) is 0 Å². The van der Waals surface area contributed by atoms with Gasteiger partial charge in [-0.25, -0.2) is 0 Å². The second-order valence-electron chi connectivity index (χ2n) is 18.1. The Hall–Kier alpha value is 0.523.